The Morgan fingerprint density at radius 1 is 1.15 bits per heavy atom. The molecule has 0 saturated carbocycles. The van der Waals surface area contributed by atoms with Gasteiger partial charge in [-0.25, -0.2) is 9.78 Å². The van der Waals surface area contributed by atoms with Gasteiger partial charge in [0.15, 0.2) is 0 Å². The van der Waals surface area contributed by atoms with Crippen molar-refractivity contribution < 1.29 is 14.3 Å². The zero-order valence-corrected chi connectivity index (χ0v) is 15.7. The SMILES string of the molecule is COc1ccc(-c2cc(C(=O)OCC(C)C)c3cccc(Cl)c3n2)cc1. The number of hydrogen-bond acceptors (Lipinski definition) is 4. The van der Waals surface area contributed by atoms with Crippen molar-refractivity contribution in [2.24, 2.45) is 5.92 Å². The normalized spacial score (nSPS) is 11.0. The van der Waals surface area contributed by atoms with Gasteiger partial charge in [-0.3, -0.25) is 0 Å². The molecule has 1 aromatic heterocycles. The number of pyridine rings is 1. The van der Waals surface area contributed by atoms with Crippen molar-refractivity contribution >= 4 is 28.5 Å². The van der Waals surface area contributed by atoms with Crippen molar-refractivity contribution in [3.63, 3.8) is 0 Å². The number of fused-ring (bicyclic) bond motifs is 1. The molecule has 26 heavy (non-hydrogen) atoms. The molecule has 3 rings (SSSR count). The number of benzene rings is 2. The standard InChI is InChI=1S/C21H20ClNO3/c1-13(2)12-26-21(24)17-11-19(14-7-9-15(25-3)10-8-14)23-20-16(17)5-4-6-18(20)22/h4-11,13H,12H2,1-3H3. The average Bonchev–Trinajstić information content (AvgIpc) is 2.66. The van der Waals surface area contributed by atoms with Crippen LogP contribution in [0.1, 0.15) is 24.2 Å². The highest BCUT2D eigenvalue weighted by molar-refractivity contribution is 6.35. The van der Waals surface area contributed by atoms with Crippen LogP contribution in [0.15, 0.2) is 48.5 Å². The number of esters is 1. The summed E-state index contributed by atoms with van der Waals surface area (Å²) >= 11 is 6.33. The Kier molecular flexibility index (Phi) is 5.43. The lowest BCUT2D eigenvalue weighted by atomic mass is 10.0. The number of methoxy groups -OCH3 is 1. The van der Waals surface area contributed by atoms with E-state index in [4.69, 9.17) is 21.1 Å². The number of rotatable bonds is 5. The van der Waals surface area contributed by atoms with E-state index in [0.29, 0.717) is 33.8 Å². The van der Waals surface area contributed by atoms with Crippen LogP contribution in [-0.2, 0) is 4.74 Å². The Morgan fingerprint density at radius 3 is 2.54 bits per heavy atom. The monoisotopic (exact) mass is 369 g/mol. The highest BCUT2D eigenvalue weighted by Gasteiger charge is 2.17. The van der Waals surface area contributed by atoms with Crippen LogP contribution in [0, 0.1) is 5.92 Å². The van der Waals surface area contributed by atoms with Gasteiger partial charge in [-0.2, -0.15) is 0 Å². The zero-order chi connectivity index (χ0) is 18.7. The largest absolute Gasteiger partial charge is 0.497 e. The molecule has 0 radical (unpaired) electrons. The fourth-order valence-corrected chi connectivity index (χ4v) is 2.83. The number of aromatic nitrogens is 1. The van der Waals surface area contributed by atoms with E-state index in [2.05, 4.69) is 4.98 Å². The second-order valence-electron chi connectivity index (χ2n) is 6.41. The van der Waals surface area contributed by atoms with Gasteiger partial charge in [0.05, 0.1) is 35.5 Å². The maximum atomic E-state index is 12.6. The summed E-state index contributed by atoms with van der Waals surface area (Å²) in [6, 6.07) is 14.6. The van der Waals surface area contributed by atoms with Crippen LogP contribution in [0.3, 0.4) is 0 Å². The molecule has 0 aliphatic heterocycles. The second kappa shape index (κ2) is 7.75. The van der Waals surface area contributed by atoms with Crippen LogP contribution in [0.2, 0.25) is 5.02 Å². The van der Waals surface area contributed by atoms with Gasteiger partial charge in [0.2, 0.25) is 0 Å². The first-order valence-electron chi connectivity index (χ1n) is 8.40. The molecule has 1 heterocycles. The highest BCUT2D eigenvalue weighted by Crippen LogP contribution is 2.30. The number of carbonyl (C=O) groups excluding carboxylic acids is 1. The Labute approximate surface area is 157 Å². The minimum absolute atomic E-state index is 0.261. The second-order valence-corrected chi connectivity index (χ2v) is 6.82. The quantitative estimate of drug-likeness (QED) is 0.567. The average molecular weight is 370 g/mol. The lowest BCUT2D eigenvalue weighted by Gasteiger charge is -2.12. The van der Waals surface area contributed by atoms with Gasteiger partial charge in [-0.1, -0.05) is 37.6 Å². The third-order valence-electron chi connectivity index (χ3n) is 3.94. The fourth-order valence-electron chi connectivity index (χ4n) is 2.61. The molecule has 0 unspecified atom stereocenters. The molecule has 0 atom stereocenters. The summed E-state index contributed by atoms with van der Waals surface area (Å²) < 4.78 is 10.6. The summed E-state index contributed by atoms with van der Waals surface area (Å²) in [5.41, 5.74) is 2.57. The highest BCUT2D eigenvalue weighted by atomic mass is 35.5. The van der Waals surface area contributed by atoms with E-state index in [1.807, 2.05) is 44.2 Å². The van der Waals surface area contributed by atoms with Crippen molar-refractivity contribution in [2.75, 3.05) is 13.7 Å². The van der Waals surface area contributed by atoms with E-state index in [1.54, 1.807) is 25.3 Å². The van der Waals surface area contributed by atoms with Crippen LogP contribution >= 0.6 is 11.6 Å². The van der Waals surface area contributed by atoms with E-state index >= 15 is 0 Å². The van der Waals surface area contributed by atoms with E-state index in [0.717, 1.165) is 11.3 Å². The maximum Gasteiger partial charge on any atom is 0.338 e. The van der Waals surface area contributed by atoms with Gasteiger partial charge in [0.25, 0.3) is 0 Å². The molecular formula is C21H20ClNO3. The predicted octanol–water partition coefficient (Wildman–Crippen LogP) is 5.38. The first-order valence-corrected chi connectivity index (χ1v) is 8.78. The summed E-state index contributed by atoms with van der Waals surface area (Å²) in [5.74, 6) is 0.643. The molecule has 3 aromatic rings. The molecule has 134 valence electrons. The zero-order valence-electron chi connectivity index (χ0n) is 15.0. The molecule has 4 nitrogen and oxygen atoms in total. The van der Waals surface area contributed by atoms with Crippen LogP contribution in [-0.4, -0.2) is 24.7 Å². The van der Waals surface area contributed by atoms with Gasteiger partial charge >= 0.3 is 5.97 Å². The summed E-state index contributed by atoms with van der Waals surface area (Å²) in [6.07, 6.45) is 0. The lowest BCUT2D eigenvalue weighted by molar-refractivity contribution is 0.0461. The minimum Gasteiger partial charge on any atom is -0.497 e. The minimum atomic E-state index is -0.372. The number of para-hydroxylation sites is 1. The van der Waals surface area contributed by atoms with Gasteiger partial charge < -0.3 is 9.47 Å². The smallest absolute Gasteiger partial charge is 0.338 e. The van der Waals surface area contributed by atoms with Gasteiger partial charge in [-0.05, 0) is 42.3 Å². The Bertz CT molecular complexity index is 936. The Balaban J connectivity index is 2.12. The maximum absolute atomic E-state index is 12.6. The number of ether oxygens (including phenoxy) is 2. The topological polar surface area (TPSA) is 48.4 Å². The lowest BCUT2D eigenvalue weighted by Crippen LogP contribution is -2.11. The molecule has 2 aromatic carbocycles. The molecule has 0 aliphatic rings. The van der Waals surface area contributed by atoms with Crippen molar-refractivity contribution in [2.45, 2.75) is 13.8 Å². The molecule has 0 N–H and O–H groups in total. The third-order valence-corrected chi connectivity index (χ3v) is 4.25. The Morgan fingerprint density at radius 2 is 1.88 bits per heavy atom. The third kappa shape index (κ3) is 3.81. The first kappa shape index (κ1) is 18.2. The number of nitrogens with zero attached hydrogens (tertiary/aromatic N) is 1. The molecule has 0 fully saturated rings. The van der Waals surface area contributed by atoms with Crippen LogP contribution in [0.4, 0.5) is 0 Å². The molecule has 0 saturated heterocycles. The van der Waals surface area contributed by atoms with E-state index < -0.39 is 0 Å². The predicted molar refractivity (Wildman–Crippen MR) is 104 cm³/mol. The van der Waals surface area contributed by atoms with Crippen molar-refractivity contribution in [1.82, 2.24) is 4.98 Å². The number of carbonyl (C=O) groups is 1. The molecule has 0 bridgehead atoms. The molecular weight excluding hydrogens is 350 g/mol. The Hall–Kier alpha value is -2.59. The van der Waals surface area contributed by atoms with Gasteiger partial charge in [0.1, 0.15) is 5.75 Å². The van der Waals surface area contributed by atoms with Crippen LogP contribution < -0.4 is 4.74 Å². The first-order chi connectivity index (χ1) is 12.5. The molecule has 5 heteroatoms. The number of halogens is 1. The van der Waals surface area contributed by atoms with Crippen molar-refractivity contribution in [1.29, 1.82) is 0 Å². The molecule has 0 spiro atoms. The summed E-state index contributed by atoms with van der Waals surface area (Å²) in [6.45, 7) is 4.36. The molecule has 0 aliphatic carbocycles. The number of hydrogen-bond donors (Lipinski definition) is 0. The van der Waals surface area contributed by atoms with Crippen LogP contribution in [0.25, 0.3) is 22.2 Å². The van der Waals surface area contributed by atoms with Gasteiger partial charge in [-0.15, -0.1) is 0 Å². The van der Waals surface area contributed by atoms with E-state index in [-0.39, 0.29) is 11.9 Å². The summed E-state index contributed by atoms with van der Waals surface area (Å²) in [7, 11) is 1.62. The van der Waals surface area contributed by atoms with Gasteiger partial charge in [0, 0.05) is 10.9 Å². The fraction of sp³-hybridized carbons (Fsp3) is 0.238. The van der Waals surface area contributed by atoms with Crippen LogP contribution in [0.5, 0.6) is 5.75 Å². The van der Waals surface area contributed by atoms with Crippen molar-refractivity contribution in [3.8, 4) is 17.0 Å². The van der Waals surface area contributed by atoms with Crippen molar-refractivity contribution in [3.05, 3.63) is 59.1 Å². The van der Waals surface area contributed by atoms with E-state index in [9.17, 15) is 4.79 Å². The molecule has 0 amide bonds. The summed E-state index contributed by atoms with van der Waals surface area (Å²) in [5, 5.41) is 1.18. The summed E-state index contributed by atoms with van der Waals surface area (Å²) in [4.78, 5) is 17.3. The van der Waals surface area contributed by atoms with E-state index in [1.165, 1.54) is 0 Å².